The maximum atomic E-state index is 14.4. The normalized spacial score (nSPS) is 19.6. The summed E-state index contributed by atoms with van der Waals surface area (Å²) in [5.41, 5.74) is -0.224. The molecule has 0 bridgehead atoms. The molecular weight excluding hydrogens is 363 g/mol. The number of benzene rings is 1. The molecule has 0 saturated carbocycles. The molecule has 116 valence electrons. The molecule has 1 N–H and O–H groups in total. The van der Waals surface area contributed by atoms with Gasteiger partial charge in [-0.15, -0.1) is 0 Å². The number of rotatable bonds is 2. The van der Waals surface area contributed by atoms with Crippen molar-refractivity contribution in [2.24, 2.45) is 0 Å². The van der Waals surface area contributed by atoms with Crippen LogP contribution in [0.15, 0.2) is 21.5 Å². The van der Waals surface area contributed by atoms with Crippen LogP contribution in [-0.2, 0) is 9.84 Å². The van der Waals surface area contributed by atoms with Crippen molar-refractivity contribution >= 4 is 31.7 Å². The first kappa shape index (κ1) is 16.4. The average molecular weight is 379 g/mol. The first-order valence-electron chi connectivity index (χ1n) is 6.42. The molecule has 21 heavy (non-hydrogen) atoms. The highest BCUT2D eigenvalue weighted by Gasteiger charge is 2.29. The third kappa shape index (κ3) is 3.44. The first-order valence-corrected chi connectivity index (χ1v) is 9.11. The highest BCUT2D eigenvalue weighted by Crippen LogP contribution is 2.25. The number of sulfone groups is 1. The molecule has 0 spiro atoms. The lowest BCUT2D eigenvalue weighted by atomic mass is 10.1. The van der Waals surface area contributed by atoms with Gasteiger partial charge in [-0.3, -0.25) is 4.79 Å². The van der Waals surface area contributed by atoms with Gasteiger partial charge in [0.2, 0.25) is 0 Å². The predicted molar refractivity (Wildman–Crippen MR) is 80.6 cm³/mol. The van der Waals surface area contributed by atoms with Gasteiger partial charge in [0.15, 0.2) is 15.7 Å². The minimum Gasteiger partial charge on any atom is -0.333 e. The van der Waals surface area contributed by atoms with Crippen molar-refractivity contribution in [2.45, 2.75) is 17.9 Å². The van der Waals surface area contributed by atoms with E-state index < -0.39 is 26.5 Å². The van der Waals surface area contributed by atoms with Crippen molar-refractivity contribution in [3.05, 3.63) is 28.0 Å². The topological polar surface area (TPSA) is 66.5 Å². The molecule has 1 aromatic carbocycles. The lowest BCUT2D eigenvalue weighted by molar-refractivity contribution is 0.0650. The van der Waals surface area contributed by atoms with E-state index in [1.54, 1.807) is 4.90 Å². The van der Waals surface area contributed by atoms with Gasteiger partial charge in [-0.1, -0.05) is 15.9 Å². The highest BCUT2D eigenvalue weighted by atomic mass is 79.9. The molecule has 5 nitrogen and oxygen atoms in total. The van der Waals surface area contributed by atoms with Gasteiger partial charge in [-0.25, -0.2) is 12.8 Å². The van der Waals surface area contributed by atoms with Crippen LogP contribution < -0.4 is 5.32 Å². The fourth-order valence-corrected chi connectivity index (χ4v) is 3.67. The molecule has 0 aromatic heterocycles. The van der Waals surface area contributed by atoms with Gasteiger partial charge in [0.25, 0.3) is 5.91 Å². The molecule has 1 saturated heterocycles. The number of hydrogen-bond donors (Lipinski definition) is 1. The van der Waals surface area contributed by atoms with Gasteiger partial charge in [0.05, 0.1) is 5.56 Å². The van der Waals surface area contributed by atoms with E-state index in [2.05, 4.69) is 21.2 Å². The zero-order valence-corrected chi connectivity index (χ0v) is 14.1. The number of carbonyl (C=O) groups is 1. The molecule has 1 aliphatic heterocycles. The number of amides is 1. The number of nitrogens with one attached hydrogen (secondary N) is 1. The largest absolute Gasteiger partial charge is 0.333 e. The van der Waals surface area contributed by atoms with E-state index in [0.717, 1.165) is 6.26 Å². The lowest BCUT2D eigenvalue weighted by Gasteiger charge is -2.34. The second kappa shape index (κ2) is 6.02. The smallest absolute Gasteiger partial charge is 0.257 e. The molecule has 2 rings (SSSR count). The Hall–Kier alpha value is -0.990. The fraction of sp³-hybridized carbons (Fsp3) is 0.462. The van der Waals surface area contributed by atoms with E-state index in [1.807, 2.05) is 6.92 Å². The van der Waals surface area contributed by atoms with Crippen LogP contribution in [0.4, 0.5) is 4.39 Å². The predicted octanol–water partition coefficient (Wildman–Crippen LogP) is 1.43. The molecular formula is C13H16BrFN2O3S. The van der Waals surface area contributed by atoms with Gasteiger partial charge < -0.3 is 10.2 Å². The van der Waals surface area contributed by atoms with Crippen molar-refractivity contribution < 1.29 is 17.6 Å². The Kier molecular flexibility index (Phi) is 4.69. The lowest BCUT2D eigenvalue weighted by Crippen LogP contribution is -2.52. The Morgan fingerprint density at radius 2 is 2.14 bits per heavy atom. The quantitative estimate of drug-likeness (QED) is 0.844. The summed E-state index contributed by atoms with van der Waals surface area (Å²) < 4.78 is 38.0. The zero-order chi connectivity index (χ0) is 15.8. The van der Waals surface area contributed by atoms with Crippen LogP contribution in [0, 0.1) is 5.82 Å². The third-order valence-corrected chi connectivity index (χ3v) is 4.95. The summed E-state index contributed by atoms with van der Waals surface area (Å²) in [6.45, 7) is 3.57. The van der Waals surface area contributed by atoms with E-state index in [9.17, 15) is 17.6 Å². The minimum atomic E-state index is -3.74. The molecule has 1 heterocycles. The monoisotopic (exact) mass is 378 g/mol. The molecule has 1 unspecified atom stereocenters. The summed E-state index contributed by atoms with van der Waals surface area (Å²) >= 11 is 3.13. The molecule has 1 amide bonds. The SMILES string of the molecule is CC1CNCCN1C(=O)c1cc(Br)cc(S(C)(=O)=O)c1F. The van der Waals surface area contributed by atoms with Gasteiger partial charge in [0, 0.05) is 36.4 Å². The second-order valence-corrected chi connectivity index (χ2v) is 7.99. The number of halogens is 2. The molecule has 1 atom stereocenters. The third-order valence-electron chi connectivity index (χ3n) is 3.40. The van der Waals surface area contributed by atoms with E-state index in [1.165, 1.54) is 12.1 Å². The number of carbonyl (C=O) groups excluding carboxylic acids is 1. The summed E-state index contributed by atoms with van der Waals surface area (Å²) in [6, 6.07) is 2.41. The van der Waals surface area contributed by atoms with Crippen LogP contribution in [0.25, 0.3) is 0 Å². The fourth-order valence-electron chi connectivity index (χ4n) is 2.29. The summed E-state index contributed by atoms with van der Waals surface area (Å²) in [7, 11) is -3.74. The van der Waals surface area contributed by atoms with Crippen LogP contribution in [0.2, 0.25) is 0 Å². The van der Waals surface area contributed by atoms with Gasteiger partial charge >= 0.3 is 0 Å². The van der Waals surface area contributed by atoms with Crippen LogP contribution >= 0.6 is 15.9 Å². The Morgan fingerprint density at radius 1 is 1.48 bits per heavy atom. The molecule has 0 radical (unpaired) electrons. The maximum Gasteiger partial charge on any atom is 0.257 e. The summed E-state index contributed by atoms with van der Waals surface area (Å²) in [5.74, 6) is -1.48. The van der Waals surface area contributed by atoms with Crippen molar-refractivity contribution in [1.82, 2.24) is 10.2 Å². The minimum absolute atomic E-state index is 0.0775. The first-order chi connectivity index (χ1) is 9.71. The van der Waals surface area contributed by atoms with E-state index >= 15 is 0 Å². The van der Waals surface area contributed by atoms with Crippen LogP contribution in [-0.4, -0.2) is 51.2 Å². The molecule has 0 aliphatic carbocycles. The standard InChI is InChI=1S/C13H16BrFN2O3S/c1-8-7-16-3-4-17(8)13(18)10-5-9(14)6-11(12(10)15)21(2,19)20/h5-6,8,16H,3-4,7H2,1-2H3. The average Bonchev–Trinajstić information content (AvgIpc) is 2.39. The van der Waals surface area contributed by atoms with Crippen molar-refractivity contribution in [3.63, 3.8) is 0 Å². The second-order valence-electron chi connectivity index (χ2n) is 5.09. The Balaban J connectivity index is 2.49. The number of piperazine rings is 1. The Morgan fingerprint density at radius 3 is 2.71 bits per heavy atom. The number of nitrogens with zero attached hydrogens (tertiary/aromatic N) is 1. The molecule has 1 fully saturated rings. The molecule has 8 heteroatoms. The summed E-state index contributed by atoms with van der Waals surface area (Å²) in [6.07, 6.45) is 0.916. The number of hydrogen-bond acceptors (Lipinski definition) is 4. The van der Waals surface area contributed by atoms with Gasteiger partial charge in [-0.2, -0.15) is 0 Å². The Labute approximate surface area is 131 Å². The van der Waals surface area contributed by atoms with Crippen molar-refractivity contribution in [2.75, 3.05) is 25.9 Å². The highest BCUT2D eigenvalue weighted by molar-refractivity contribution is 9.10. The summed E-state index contributed by atoms with van der Waals surface area (Å²) in [4.78, 5) is 13.6. The zero-order valence-electron chi connectivity index (χ0n) is 11.7. The van der Waals surface area contributed by atoms with Gasteiger partial charge in [-0.05, 0) is 19.1 Å². The Bertz CT molecular complexity index is 678. The van der Waals surface area contributed by atoms with E-state index in [-0.39, 0.29) is 11.6 Å². The van der Waals surface area contributed by atoms with Crippen LogP contribution in [0.5, 0.6) is 0 Å². The molecule has 1 aliphatic rings. The van der Waals surface area contributed by atoms with Gasteiger partial charge in [0.1, 0.15) is 4.90 Å². The van der Waals surface area contributed by atoms with Crippen LogP contribution in [0.3, 0.4) is 0 Å². The van der Waals surface area contributed by atoms with Crippen molar-refractivity contribution in [3.8, 4) is 0 Å². The summed E-state index contributed by atoms with van der Waals surface area (Å²) in [5, 5.41) is 3.14. The maximum absolute atomic E-state index is 14.4. The van der Waals surface area contributed by atoms with Crippen molar-refractivity contribution in [1.29, 1.82) is 0 Å². The molecule has 1 aromatic rings. The van der Waals surface area contributed by atoms with Crippen LogP contribution in [0.1, 0.15) is 17.3 Å². The van der Waals surface area contributed by atoms with E-state index in [4.69, 9.17) is 0 Å². The van der Waals surface area contributed by atoms with E-state index in [0.29, 0.717) is 24.1 Å².